The zero-order valence-corrected chi connectivity index (χ0v) is 12.6. The number of azo groups is 1. The van der Waals surface area contributed by atoms with Crippen molar-refractivity contribution in [1.82, 2.24) is 14.8 Å². The second-order valence-corrected chi connectivity index (χ2v) is 5.06. The fraction of sp³-hybridized carbons (Fsp3) is 0.615. The average Bonchev–Trinajstić information content (AvgIpc) is 2.97. The summed E-state index contributed by atoms with van der Waals surface area (Å²) in [6.45, 7) is 4.74. The zero-order chi connectivity index (χ0) is 15.4. The van der Waals surface area contributed by atoms with E-state index in [0.717, 1.165) is 25.1 Å². The van der Waals surface area contributed by atoms with Gasteiger partial charge < -0.3 is 5.73 Å². The van der Waals surface area contributed by atoms with E-state index in [1.165, 1.54) is 0 Å². The minimum Gasteiger partial charge on any atom is -0.308 e. The number of aryl methyl sites for hydroxylation is 1. The molecule has 0 amide bonds. The molecule has 2 atom stereocenters. The van der Waals surface area contributed by atoms with Crippen molar-refractivity contribution in [3.05, 3.63) is 11.8 Å². The molecule has 0 spiro atoms. The van der Waals surface area contributed by atoms with Gasteiger partial charge in [-0.25, -0.2) is 0 Å². The first-order chi connectivity index (χ1) is 10.1. The molecule has 21 heavy (non-hydrogen) atoms. The smallest absolute Gasteiger partial charge is 0.213 e. The molecule has 1 aliphatic heterocycles. The molecule has 0 aliphatic carbocycles. The molecular formula is C13H20N8. The van der Waals surface area contributed by atoms with Crippen LogP contribution >= 0.6 is 0 Å². The first kappa shape index (κ1) is 15.1. The molecule has 2 heterocycles. The SMILES string of the molecule is CCCCn1cc(C#N)c(N=NC2C(C)=NN(C)C2N)n1. The molecule has 0 fully saturated rings. The number of nitrogens with two attached hydrogens (primary N) is 1. The van der Waals surface area contributed by atoms with Crippen molar-refractivity contribution < 1.29 is 0 Å². The molecule has 1 aromatic heterocycles. The summed E-state index contributed by atoms with van der Waals surface area (Å²) in [6, 6.07) is 1.79. The standard InChI is InChI=1S/C13H20N8/c1-4-5-6-21-8-10(7-14)13(19-21)17-16-11-9(2)18-20(3)12(11)15/h8,11-12H,4-6,15H2,1-3H3. The van der Waals surface area contributed by atoms with E-state index >= 15 is 0 Å². The summed E-state index contributed by atoms with van der Waals surface area (Å²) in [6.07, 6.45) is 3.44. The van der Waals surface area contributed by atoms with Gasteiger partial charge in [-0.1, -0.05) is 13.3 Å². The van der Waals surface area contributed by atoms with E-state index in [9.17, 15) is 0 Å². The second-order valence-electron chi connectivity index (χ2n) is 5.06. The Hall–Kier alpha value is -2.27. The molecule has 2 rings (SSSR count). The van der Waals surface area contributed by atoms with Crippen LogP contribution in [-0.4, -0.2) is 39.8 Å². The van der Waals surface area contributed by atoms with E-state index in [4.69, 9.17) is 11.0 Å². The molecule has 1 aromatic rings. The number of hydrazone groups is 1. The largest absolute Gasteiger partial charge is 0.308 e. The van der Waals surface area contributed by atoms with Crippen molar-refractivity contribution in [3.8, 4) is 6.07 Å². The van der Waals surface area contributed by atoms with Gasteiger partial charge in [0.05, 0.1) is 5.71 Å². The molecule has 0 radical (unpaired) electrons. The Balaban J connectivity index is 2.15. The van der Waals surface area contributed by atoms with E-state index in [0.29, 0.717) is 11.4 Å². The molecule has 0 saturated heterocycles. The first-order valence-electron chi connectivity index (χ1n) is 6.98. The fourth-order valence-electron chi connectivity index (χ4n) is 2.09. The summed E-state index contributed by atoms with van der Waals surface area (Å²) < 4.78 is 1.73. The van der Waals surface area contributed by atoms with Crippen LogP contribution in [0, 0.1) is 11.3 Å². The molecule has 8 nitrogen and oxygen atoms in total. The Labute approximate surface area is 123 Å². The summed E-state index contributed by atoms with van der Waals surface area (Å²) in [4.78, 5) is 0. The van der Waals surface area contributed by atoms with Crippen molar-refractivity contribution in [2.24, 2.45) is 21.1 Å². The third kappa shape index (κ3) is 3.25. The van der Waals surface area contributed by atoms with Crippen LogP contribution < -0.4 is 5.73 Å². The van der Waals surface area contributed by atoms with Crippen LogP contribution in [0.15, 0.2) is 21.5 Å². The Morgan fingerprint density at radius 3 is 2.86 bits per heavy atom. The van der Waals surface area contributed by atoms with Crippen LogP contribution in [0.1, 0.15) is 32.3 Å². The highest BCUT2D eigenvalue weighted by molar-refractivity contribution is 5.89. The van der Waals surface area contributed by atoms with Crippen LogP contribution in [-0.2, 0) is 6.54 Å². The molecule has 2 unspecified atom stereocenters. The quantitative estimate of drug-likeness (QED) is 0.830. The van der Waals surface area contributed by atoms with E-state index in [1.54, 1.807) is 22.9 Å². The van der Waals surface area contributed by atoms with Gasteiger partial charge in [0, 0.05) is 19.8 Å². The molecule has 2 N–H and O–H groups in total. The molecule has 0 saturated carbocycles. The summed E-state index contributed by atoms with van der Waals surface area (Å²) in [7, 11) is 1.80. The Kier molecular flexibility index (Phi) is 4.65. The number of rotatable bonds is 5. The minimum atomic E-state index is -0.332. The zero-order valence-electron chi connectivity index (χ0n) is 12.6. The maximum Gasteiger partial charge on any atom is 0.213 e. The lowest BCUT2D eigenvalue weighted by molar-refractivity contribution is 0.275. The molecule has 112 valence electrons. The average molecular weight is 288 g/mol. The minimum absolute atomic E-state index is 0.303. The van der Waals surface area contributed by atoms with Gasteiger partial charge in [0.15, 0.2) is 0 Å². The van der Waals surface area contributed by atoms with Crippen molar-refractivity contribution in [2.45, 2.75) is 45.4 Å². The molecule has 8 heteroatoms. The number of likely N-dealkylation sites (N-methyl/N-ethyl adjacent to an activating group) is 1. The predicted molar refractivity (Wildman–Crippen MR) is 79.0 cm³/mol. The highest BCUT2D eigenvalue weighted by atomic mass is 15.5. The predicted octanol–water partition coefficient (Wildman–Crippen LogP) is 1.61. The summed E-state index contributed by atoms with van der Waals surface area (Å²) >= 11 is 0. The van der Waals surface area contributed by atoms with Gasteiger partial charge in [-0.05, 0) is 13.3 Å². The monoisotopic (exact) mass is 288 g/mol. The Morgan fingerprint density at radius 2 is 2.29 bits per heavy atom. The van der Waals surface area contributed by atoms with Crippen LogP contribution in [0.25, 0.3) is 0 Å². The van der Waals surface area contributed by atoms with Gasteiger partial charge in [-0.2, -0.15) is 15.5 Å². The van der Waals surface area contributed by atoms with Gasteiger partial charge >= 0.3 is 0 Å². The Bertz CT molecular complexity index is 594. The lowest BCUT2D eigenvalue weighted by Crippen LogP contribution is -2.41. The number of hydrogen-bond acceptors (Lipinski definition) is 7. The summed E-state index contributed by atoms with van der Waals surface area (Å²) in [5, 5.41) is 27.6. The van der Waals surface area contributed by atoms with Crippen LogP contribution in [0.3, 0.4) is 0 Å². The maximum absolute atomic E-state index is 9.13. The number of nitriles is 1. The molecule has 1 aliphatic rings. The molecular weight excluding hydrogens is 268 g/mol. The van der Waals surface area contributed by atoms with Gasteiger partial charge in [0.25, 0.3) is 0 Å². The van der Waals surface area contributed by atoms with Crippen molar-refractivity contribution in [1.29, 1.82) is 5.26 Å². The van der Waals surface area contributed by atoms with E-state index in [-0.39, 0.29) is 12.2 Å². The van der Waals surface area contributed by atoms with Crippen molar-refractivity contribution in [3.63, 3.8) is 0 Å². The van der Waals surface area contributed by atoms with Crippen molar-refractivity contribution in [2.75, 3.05) is 7.05 Å². The number of hydrogen-bond donors (Lipinski definition) is 1. The highest BCUT2D eigenvalue weighted by Crippen LogP contribution is 2.20. The second kappa shape index (κ2) is 6.45. The third-order valence-corrected chi connectivity index (χ3v) is 3.38. The van der Waals surface area contributed by atoms with E-state index in [2.05, 4.69) is 33.4 Å². The van der Waals surface area contributed by atoms with Gasteiger partial charge in [0.1, 0.15) is 23.8 Å². The fourth-order valence-corrected chi connectivity index (χ4v) is 2.09. The topological polar surface area (TPSA) is 108 Å². The van der Waals surface area contributed by atoms with Crippen LogP contribution in [0.5, 0.6) is 0 Å². The summed E-state index contributed by atoms with van der Waals surface area (Å²) in [5.74, 6) is 0.336. The lowest BCUT2D eigenvalue weighted by Gasteiger charge is -2.16. The normalized spacial score (nSPS) is 21.9. The van der Waals surface area contributed by atoms with Crippen LogP contribution in [0.4, 0.5) is 5.82 Å². The number of aromatic nitrogens is 2. The number of unbranched alkanes of at least 4 members (excludes halogenated alkanes) is 1. The summed E-state index contributed by atoms with van der Waals surface area (Å²) in [5.41, 5.74) is 7.21. The van der Waals surface area contributed by atoms with Gasteiger partial charge in [-0.3, -0.25) is 9.69 Å². The van der Waals surface area contributed by atoms with E-state index in [1.807, 2.05) is 6.92 Å². The highest BCUT2D eigenvalue weighted by Gasteiger charge is 2.30. The van der Waals surface area contributed by atoms with Crippen molar-refractivity contribution >= 4 is 11.5 Å². The van der Waals surface area contributed by atoms with Gasteiger partial charge in [-0.15, -0.1) is 10.2 Å². The van der Waals surface area contributed by atoms with Crippen LogP contribution in [0.2, 0.25) is 0 Å². The molecule has 0 aromatic carbocycles. The Morgan fingerprint density at radius 1 is 1.52 bits per heavy atom. The first-order valence-corrected chi connectivity index (χ1v) is 6.98. The third-order valence-electron chi connectivity index (χ3n) is 3.38. The lowest BCUT2D eigenvalue weighted by atomic mass is 10.2. The van der Waals surface area contributed by atoms with Gasteiger partial charge in [0.2, 0.25) is 5.82 Å². The number of nitrogens with zero attached hydrogens (tertiary/aromatic N) is 7. The van der Waals surface area contributed by atoms with E-state index < -0.39 is 0 Å². The molecule has 0 bridgehead atoms. The maximum atomic E-state index is 9.13.